The number of nitrogens with zero attached hydrogens (tertiary/aromatic N) is 3. The van der Waals surface area contributed by atoms with Gasteiger partial charge in [-0.15, -0.1) is 0 Å². The lowest BCUT2D eigenvalue weighted by Gasteiger charge is -2.32. The molecule has 6 nitrogen and oxygen atoms in total. The Morgan fingerprint density at radius 1 is 1.02 bits per heavy atom. The van der Waals surface area contributed by atoms with Crippen molar-refractivity contribution in [2.24, 2.45) is 11.8 Å². The molecule has 1 saturated carbocycles. The average Bonchev–Trinajstić information content (AvgIpc) is 2.93. The van der Waals surface area contributed by atoms with Gasteiger partial charge in [-0.3, -0.25) is 14.5 Å². The van der Waals surface area contributed by atoms with E-state index in [-0.39, 0.29) is 29.9 Å². The fourth-order valence-corrected chi connectivity index (χ4v) is 6.07. The van der Waals surface area contributed by atoms with Crippen LogP contribution in [0.4, 0.5) is 5.69 Å². The first-order valence-electron chi connectivity index (χ1n) is 15.2. The van der Waals surface area contributed by atoms with Gasteiger partial charge >= 0.3 is 0 Å². The minimum Gasteiger partial charge on any atom is -0.490 e. The quantitative estimate of drug-likeness (QED) is 0.373. The van der Waals surface area contributed by atoms with Crippen LogP contribution in [0.2, 0.25) is 0 Å². The van der Waals surface area contributed by atoms with Crippen LogP contribution in [0.1, 0.15) is 76.0 Å². The molecule has 0 spiro atoms. The molecule has 0 bridgehead atoms. The molecule has 0 radical (unpaired) electrons. The summed E-state index contributed by atoms with van der Waals surface area (Å²) < 4.78 is 6.30. The Balaban J connectivity index is 1.27. The summed E-state index contributed by atoms with van der Waals surface area (Å²) in [5, 5.41) is 0. The fourth-order valence-electron chi connectivity index (χ4n) is 6.07. The fraction of sp³-hybridized carbons (Fsp3) is 0.588. The number of carbonyl (C=O) groups excluding carboxylic acids is 2. The average molecular weight is 548 g/mol. The minimum atomic E-state index is 0.0233. The molecule has 1 aliphatic carbocycles. The van der Waals surface area contributed by atoms with Crippen LogP contribution >= 0.6 is 0 Å². The standard InChI is InChI=1S/C34H49N3O3/c1-24(2)35(5)33(38)21-27-10-7-11-32(20-27)40-31-16-13-28(14-17-31)34(39)36(6)30-15-12-29(26(4)19-30)23-37-18-8-9-25(3)22-37/h7,10-12,15,19-20,24-25,28,31H,8-9,13-14,16-18,21-23H2,1-6H3/t25-,28?,31?/m1/s1. The number of rotatable bonds is 9. The summed E-state index contributed by atoms with van der Waals surface area (Å²) in [6.07, 6.45) is 6.46. The van der Waals surface area contributed by atoms with Crippen LogP contribution in [0.3, 0.4) is 0 Å². The van der Waals surface area contributed by atoms with Crippen LogP contribution in [0.15, 0.2) is 42.5 Å². The van der Waals surface area contributed by atoms with Crippen LogP contribution in [-0.4, -0.2) is 60.9 Å². The lowest BCUT2D eigenvalue weighted by atomic mass is 9.86. The third-order valence-corrected chi connectivity index (χ3v) is 8.93. The van der Waals surface area contributed by atoms with Crippen molar-refractivity contribution in [2.75, 3.05) is 32.1 Å². The van der Waals surface area contributed by atoms with Crippen LogP contribution in [0, 0.1) is 18.8 Å². The van der Waals surface area contributed by atoms with Crippen molar-refractivity contribution in [3.63, 3.8) is 0 Å². The summed E-state index contributed by atoms with van der Waals surface area (Å²) in [4.78, 5) is 32.1. The zero-order chi connectivity index (χ0) is 28.8. The third kappa shape index (κ3) is 7.87. The first kappa shape index (κ1) is 30.1. The Hall–Kier alpha value is -2.86. The molecule has 2 aromatic rings. The Kier molecular flexibility index (Phi) is 10.3. The molecule has 0 unspecified atom stereocenters. The Bertz CT molecular complexity index is 1150. The smallest absolute Gasteiger partial charge is 0.229 e. The molecule has 0 N–H and O–H groups in total. The molecule has 40 heavy (non-hydrogen) atoms. The zero-order valence-corrected chi connectivity index (χ0v) is 25.5. The highest BCUT2D eigenvalue weighted by atomic mass is 16.5. The molecule has 1 saturated heterocycles. The van der Waals surface area contributed by atoms with Gasteiger partial charge in [-0.2, -0.15) is 0 Å². The number of anilines is 1. The van der Waals surface area contributed by atoms with Crippen molar-refractivity contribution >= 4 is 17.5 Å². The summed E-state index contributed by atoms with van der Waals surface area (Å²) >= 11 is 0. The number of likely N-dealkylation sites (N-methyl/N-ethyl adjacent to an activating group) is 1. The second kappa shape index (κ2) is 13.7. The highest BCUT2D eigenvalue weighted by Gasteiger charge is 2.30. The van der Waals surface area contributed by atoms with Gasteiger partial charge in [-0.05, 0) is 113 Å². The van der Waals surface area contributed by atoms with E-state index in [0.717, 1.165) is 55.1 Å². The van der Waals surface area contributed by atoms with E-state index < -0.39 is 0 Å². The number of likely N-dealkylation sites (tertiary alicyclic amines) is 1. The van der Waals surface area contributed by atoms with Crippen molar-refractivity contribution < 1.29 is 14.3 Å². The monoisotopic (exact) mass is 547 g/mol. The van der Waals surface area contributed by atoms with Crippen molar-refractivity contribution in [3.05, 3.63) is 59.2 Å². The predicted molar refractivity (Wildman–Crippen MR) is 163 cm³/mol. The minimum absolute atomic E-state index is 0.0233. The number of benzene rings is 2. The first-order chi connectivity index (χ1) is 19.1. The van der Waals surface area contributed by atoms with Gasteiger partial charge in [0, 0.05) is 44.8 Å². The van der Waals surface area contributed by atoms with Gasteiger partial charge in [-0.25, -0.2) is 0 Å². The molecule has 1 aliphatic heterocycles. The number of carbonyl (C=O) groups is 2. The van der Waals surface area contributed by atoms with E-state index in [0.29, 0.717) is 6.42 Å². The van der Waals surface area contributed by atoms with E-state index in [1.165, 1.54) is 37.1 Å². The largest absolute Gasteiger partial charge is 0.490 e. The maximum Gasteiger partial charge on any atom is 0.229 e. The molecule has 2 amide bonds. The summed E-state index contributed by atoms with van der Waals surface area (Å²) in [6, 6.07) is 14.6. The lowest BCUT2D eigenvalue weighted by Crippen LogP contribution is -2.37. The summed E-state index contributed by atoms with van der Waals surface area (Å²) in [5.41, 5.74) is 4.56. The number of hydrogen-bond donors (Lipinski definition) is 0. The van der Waals surface area contributed by atoms with Gasteiger partial charge in [-0.1, -0.05) is 25.1 Å². The van der Waals surface area contributed by atoms with E-state index in [1.807, 2.05) is 57.1 Å². The number of piperidine rings is 1. The highest BCUT2D eigenvalue weighted by Crippen LogP contribution is 2.31. The maximum absolute atomic E-state index is 13.4. The molecule has 218 valence electrons. The number of ether oxygens (including phenoxy) is 1. The molecule has 0 aromatic heterocycles. The van der Waals surface area contributed by atoms with Crippen LogP contribution in [0.5, 0.6) is 5.75 Å². The van der Waals surface area contributed by atoms with E-state index in [4.69, 9.17) is 4.74 Å². The maximum atomic E-state index is 13.4. The summed E-state index contributed by atoms with van der Waals surface area (Å²) in [7, 11) is 3.76. The summed E-state index contributed by atoms with van der Waals surface area (Å²) in [6.45, 7) is 11.9. The van der Waals surface area contributed by atoms with Gasteiger partial charge in [0.2, 0.25) is 11.8 Å². The molecular weight excluding hydrogens is 498 g/mol. The van der Waals surface area contributed by atoms with Gasteiger partial charge in [0.05, 0.1) is 12.5 Å². The number of aryl methyl sites for hydroxylation is 1. The van der Waals surface area contributed by atoms with Gasteiger partial charge < -0.3 is 14.5 Å². The molecule has 1 heterocycles. The van der Waals surface area contributed by atoms with E-state index >= 15 is 0 Å². The number of amides is 2. The van der Waals surface area contributed by atoms with Crippen LogP contribution < -0.4 is 9.64 Å². The molecule has 2 aromatic carbocycles. The SMILES string of the molecule is Cc1cc(N(C)C(=O)C2CCC(Oc3cccc(CC(=O)N(C)C(C)C)c3)CC2)ccc1CN1CCC[C@@H](C)C1. The Morgan fingerprint density at radius 2 is 1.77 bits per heavy atom. The Labute approximate surface area is 241 Å². The molecule has 4 rings (SSSR count). The van der Waals surface area contributed by atoms with Crippen molar-refractivity contribution in [1.82, 2.24) is 9.80 Å². The Morgan fingerprint density at radius 3 is 2.45 bits per heavy atom. The predicted octanol–water partition coefficient (Wildman–Crippen LogP) is 6.24. The van der Waals surface area contributed by atoms with Crippen molar-refractivity contribution in [2.45, 2.75) is 91.3 Å². The summed E-state index contributed by atoms with van der Waals surface area (Å²) in [5.74, 6) is 1.91. The zero-order valence-electron chi connectivity index (χ0n) is 25.5. The van der Waals surface area contributed by atoms with Crippen LogP contribution in [-0.2, 0) is 22.6 Å². The second-order valence-electron chi connectivity index (χ2n) is 12.5. The van der Waals surface area contributed by atoms with Crippen LogP contribution in [0.25, 0.3) is 0 Å². The molecular formula is C34H49N3O3. The van der Waals surface area contributed by atoms with Crippen molar-refractivity contribution in [3.8, 4) is 5.75 Å². The first-order valence-corrected chi connectivity index (χ1v) is 15.2. The molecule has 2 aliphatic rings. The topological polar surface area (TPSA) is 53.1 Å². The van der Waals surface area contributed by atoms with E-state index in [9.17, 15) is 9.59 Å². The van der Waals surface area contributed by atoms with Crippen molar-refractivity contribution in [1.29, 1.82) is 0 Å². The highest BCUT2D eigenvalue weighted by molar-refractivity contribution is 5.94. The van der Waals surface area contributed by atoms with Gasteiger partial charge in [0.15, 0.2) is 0 Å². The second-order valence-corrected chi connectivity index (χ2v) is 12.5. The van der Waals surface area contributed by atoms with E-state index in [1.54, 1.807) is 4.90 Å². The third-order valence-electron chi connectivity index (χ3n) is 8.93. The van der Waals surface area contributed by atoms with Gasteiger partial charge in [0.1, 0.15) is 5.75 Å². The molecule has 1 atom stereocenters. The van der Waals surface area contributed by atoms with E-state index in [2.05, 4.69) is 36.9 Å². The molecule has 2 fully saturated rings. The van der Waals surface area contributed by atoms with Gasteiger partial charge in [0.25, 0.3) is 0 Å². The lowest BCUT2D eigenvalue weighted by molar-refractivity contribution is -0.130. The normalized spacial score (nSPS) is 21.7. The number of hydrogen-bond acceptors (Lipinski definition) is 4. The molecule has 6 heteroatoms.